The van der Waals surface area contributed by atoms with Gasteiger partial charge in [-0.05, 0) is 29.8 Å². The second kappa shape index (κ2) is 7.19. The molecule has 1 amide bonds. The highest BCUT2D eigenvalue weighted by Crippen LogP contribution is 2.15. The molecule has 0 radical (unpaired) electrons. The van der Waals surface area contributed by atoms with Crippen molar-refractivity contribution in [1.29, 1.82) is 0 Å². The summed E-state index contributed by atoms with van der Waals surface area (Å²) in [6.45, 7) is 0.502. The number of nitrogens with one attached hydrogen (secondary N) is 1. The molecule has 0 saturated carbocycles. The number of hydrogen-bond donors (Lipinski definition) is 2. The molecule has 0 aliphatic rings. The normalized spacial score (nSPS) is 10.4. The van der Waals surface area contributed by atoms with Crippen molar-refractivity contribution in [3.05, 3.63) is 82.6 Å². The SMILES string of the molecule is O=C(O)c1ccccc1C(=O)Nc1cnn(Cc2cccc(Cl)c2)c1. The second-order valence-electron chi connectivity index (χ2n) is 5.36. The van der Waals surface area contributed by atoms with Crippen LogP contribution in [0.15, 0.2) is 60.9 Å². The Hall–Kier alpha value is -3.12. The summed E-state index contributed by atoms with van der Waals surface area (Å²) in [6, 6.07) is 13.5. The van der Waals surface area contributed by atoms with Crippen molar-refractivity contribution >= 4 is 29.2 Å². The number of carbonyl (C=O) groups is 2. The summed E-state index contributed by atoms with van der Waals surface area (Å²) in [5.41, 5.74) is 1.50. The minimum atomic E-state index is -1.15. The summed E-state index contributed by atoms with van der Waals surface area (Å²) in [7, 11) is 0. The van der Waals surface area contributed by atoms with Crippen molar-refractivity contribution in [3.8, 4) is 0 Å². The fraction of sp³-hybridized carbons (Fsp3) is 0.0556. The molecule has 25 heavy (non-hydrogen) atoms. The van der Waals surface area contributed by atoms with Crippen molar-refractivity contribution < 1.29 is 14.7 Å². The van der Waals surface area contributed by atoms with Crippen LogP contribution in [0.1, 0.15) is 26.3 Å². The molecule has 3 rings (SSSR count). The number of aromatic carboxylic acids is 1. The summed E-state index contributed by atoms with van der Waals surface area (Å²) < 4.78 is 1.66. The predicted octanol–water partition coefficient (Wildman–Crippen LogP) is 3.54. The highest BCUT2D eigenvalue weighted by molar-refractivity contribution is 6.30. The third-order valence-electron chi connectivity index (χ3n) is 3.53. The maximum absolute atomic E-state index is 12.3. The molecule has 2 aromatic carbocycles. The van der Waals surface area contributed by atoms with Crippen LogP contribution in [0.2, 0.25) is 5.02 Å². The first kappa shape index (κ1) is 16.7. The summed E-state index contributed by atoms with van der Waals surface area (Å²) in [6.07, 6.45) is 3.17. The molecular formula is C18H14ClN3O3. The van der Waals surface area contributed by atoms with Gasteiger partial charge in [0.1, 0.15) is 0 Å². The lowest BCUT2D eigenvalue weighted by atomic mass is 10.1. The number of nitrogens with zero attached hydrogens (tertiary/aromatic N) is 2. The predicted molar refractivity (Wildman–Crippen MR) is 94.1 cm³/mol. The molecule has 1 aromatic heterocycles. The number of carbonyl (C=O) groups excluding carboxylic acids is 1. The molecule has 0 aliphatic carbocycles. The average molecular weight is 356 g/mol. The van der Waals surface area contributed by atoms with Crippen LogP contribution in [0.3, 0.4) is 0 Å². The van der Waals surface area contributed by atoms with Crippen molar-refractivity contribution in [3.63, 3.8) is 0 Å². The first-order valence-corrected chi connectivity index (χ1v) is 7.81. The van der Waals surface area contributed by atoms with E-state index in [4.69, 9.17) is 16.7 Å². The van der Waals surface area contributed by atoms with E-state index in [0.717, 1.165) is 5.56 Å². The molecule has 2 N–H and O–H groups in total. The molecule has 6 nitrogen and oxygen atoms in total. The summed E-state index contributed by atoms with van der Waals surface area (Å²) in [5.74, 6) is -1.65. The van der Waals surface area contributed by atoms with Gasteiger partial charge in [-0.2, -0.15) is 5.10 Å². The molecule has 0 saturated heterocycles. The third-order valence-corrected chi connectivity index (χ3v) is 3.76. The van der Waals surface area contributed by atoms with Gasteiger partial charge in [-0.15, -0.1) is 0 Å². The van der Waals surface area contributed by atoms with Gasteiger partial charge in [0.2, 0.25) is 0 Å². The molecule has 1 heterocycles. The van der Waals surface area contributed by atoms with E-state index in [0.29, 0.717) is 17.3 Å². The highest BCUT2D eigenvalue weighted by atomic mass is 35.5. The van der Waals surface area contributed by atoms with Gasteiger partial charge in [0, 0.05) is 11.2 Å². The number of carboxylic acid groups (broad SMARTS) is 1. The van der Waals surface area contributed by atoms with Gasteiger partial charge in [-0.1, -0.05) is 35.9 Å². The fourth-order valence-electron chi connectivity index (χ4n) is 2.40. The molecule has 0 fully saturated rings. The molecule has 0 unspecified atom stereocenters. The highest BCUT2D eigenvalue weighted by Gasteiger charge is 2.16. The first-order valence-electron chi connectivity index (χ1n) is 7.43. The summed E-state index contributed by atoms with van der Waals surface area (Å²) in [5, 5.41) is 16.7. The van der Waals surface area contributed by atoms with E-state index < -0.39 is 11.9 Å². The zero-order valence-corrected chi connectivity index (χ0v) is 13.8. The van der Waals surface area contributed by atoms with Gasteiger partial charge in [0.15, 0.2) is 0 Å². The lowest BCUT2D eigenvalue weighted by molar-refractivity contribution is 0.0692. The van der Waals surface area contributed by atoms with E-state index in [-0.39, 0.29) is 11.1 Å². The molecule has 3 aromatic rings. The van der Waals surface area contributed by atoms with Crippen molar-refractivity contribution in [2.24, 2.45) is 0 Å². The number of hydrogen-bond acceptors (Lipinski definition) is 3. The topological polar surface area (TPSA) is 84.2 Å². The van der Waals surface area contributed by atoms with Crippen molar-refractivity contribution in [2.75, 3.05) is 5.32 Å². The molecule has 0 spiro atoms. The van der Waals surface area contributed by atoms with Gasteiger partial charge in [-0.3, -0.25) is 9.48 Å². The zero-order chi connectivity index (χ0) is 17.8. The third kappa shape index (κ3) is 4.05. The molecule has 0 bridgehead atoms. The van der Waals surface area contributed by atoms with E-state index in [2.05, 4.69) is 10.4 Å². The summed E-state index contributed by atoms with van der Waals surface area (Å²) in [4.78, 5) is 23.5. The van der Waals surface area contributed by atoms with Gasteiger partial charge < -0.3 is 10.4 Å². The number of amides is 1. The maximum Gasteiger partial charge on any atom is 0.336 e. The zero-order valence-electron chi connectivity index (χ0n) is 13.0. The fourth-order valence-corrected chi connectivity index (χ4v) is 2.62. The molecule has 126 valence electrons. The molecule has 7 heteroatoms. The van der Waals surface area contributed by atoms with E-state index in [1.165, 1.54) is 18.3 Å². The van der Waals surface area contributed by atoms with Crippen LogP contribution in [0, 0.1) is 0 Å². The van der Waals surface area contributed by atoms with Crippen molar-refractivity contribution in [1.82, 2.24) is 9.78 Å². The Balaban J connectivity index is 1.73. The Morgan fingerprint density at radius 2 is 1.88 bits per heavy atom. The molecular weight excluding hydrogens is 342 g/mol. The van der Waals surface area contributed by atoms with E-state index >= 15 is 0 Å². The molecule has 0 atom stereocenters. The van der Waals surface area contributed by atoms with E-state index in [1.54, 1.807) is 29.1 Å². The van der Waals surface area contributed by atoms with Crippen LogP contribution in [-0.2, 0) is 6.54 Å². The van der Waals surface area contributed by atoms with Crippen LogP contribution in [0.25, 0.3) is 0 Å². The lowest BCUT2D eigenvalue weighted by Crippen LogP contribution is -2.16. The Labute approximate surface area is 148 Å². The van der Waals surface area contributed by atoms with Crippen LogP contribution in [0.4, 0.5) is 5.69 Å². The van der Waals surface area contributed by atoms with Crippen molar-refractivity contribution in [2.45, 2.75) is 6.54 Å². The minimum Gasteiger partial charge on any atom is -0.478 e. The monoisotopic (exact) mass is 355 g/mol. The van der Waals surface area contributed by atoms with Gasteiger partial charge in [0.05, 0.1) is 29.6 Å². The average Bonchev–Trinajstić information content (AvgIpc) is 3.01. The van der Waals surface area contributed by atoms with Crippen LogP contribution < -0.4 is 5.32 Å². The van der Waals surface area contributed by atoms with Crippen LogP contribution >= 0.6 is 11.6 Å². The number of anilines is 1. The van der Waals surface area contributed by atoms with E-state index in [1.807, 2.05) is 18.2 Å². The lowest BCUT2D eigenvalue weighted by Gasteiger charge is -2.06. The quantitative estimate of drug-likeness (QED) is 0.733. The molecule has 0 aliphatic heterocycles. The maximum atomic E-state index is 12.3. The Morgan fingerprint density at radius 1 is 1.12 bits per heavy atom. The first-order chi connectivity index (χ1) is 12.0. The smallest absolute Gasteiger partial charge is 0.336 e. The van der Waals surface area contributed by atoms with Gasteiger partial charge in [-0.25, -0.2) is 4.79 Å². The van der Waals surface area contributed by atoms with Crippen LogP contribution in [-0.4, -0.2) is 26.8 Å². The summed E-state index contributed by atoms with van der Waals surface area (Å²) >= 11 is 5.96. The van der Waals surface area contributed by atoms with Crippen LogP contribution in [0.5, 0.6) is 0 Å². The van der Waals surface area contributed by atoms with Gasteiger partial charge >= 0.3 is 5.97 Å². The minimum absolute atomic E-state index is 0.0497. The Bertz CT molecular complexity index is 937. The number of aromatic nitrogens is 2. The number of carboxylic acids is 1. The number of benzene rings is 2. The van der Waals surface area contributed by atoms with E-state index in [9.17, 15) is 9.59 Å². The number of halogens is 1. The van der Waals surface area contributed by atoms with Gasteiger partial charge in [0.25, 0.3) is 5.91 Å². The Kier molecular flexibility index (Phi) is 4.81. The Morgan fingerprint density at radius 3 is 2.60 bits per heavy atom. The number of rotatable bonds is 5. The second-order valence-corrected chi connectivity index (χ2v) is 5.80. The largest absolute Gasteiger partial charge is 0.478 e. The standard InChI is InChI=1S/C18H14ClN3O3/c19-13-5-3-4-12(8-13)10-22-11-14(9-20-22)21-17(23)15-6-1-2-7-16(15)18(24)25/h1-9,11H,10H2,(H,21,23)(H,24,25).